The maximum atomic E-state index is 11.4. The number of carboxylic acid groups (broad SMARTS) is 1. The molecule has 0 atom stereocenters. The van der Waals surface area contributed by atoms with Gasteiger partial charge in [0.1, 0.15) is 11.4 Å². The fourth-order valence-electron chi connectivity index (χ4n) is 3.05. The monoisotopic (exact) mass is 311 g/mol. The molecule has 4 nitrogen and oxygen atoms in total. The number of benzene rings is 2. The quantitative estimate of drug-likeness (QED) is 0.935. The molecule has 0 radical (unpaired) electrons. The van der Waals surface area contributed by atoms with Crippen LogP contribution < -0.4 is 9.64 Å². The van der Waals surface area contributed by atoms with Gasteiger partial charge in [0.2, 0.25) is 0 Å². The van der Waals surface area contributed by atoms with Crippen LogP contribution in [0.25, 0.3) is 0 Å². The van der Waals surface area contributed by atoms with Crippen molar-refractivity contribution in [1.82, 2.24) is 0 Å². The maximum Gasteiger partial charge on any atom is 0.336 e. The van der Waals surface area contributed by atoms with Gasteiger partial charge in [-0.15, -0.1) is 0 Å². The molecule has 0 aliphatic carbocycles. The number of carbonyl (C=O) groups is 1. The molecule has 0 bridgehead atoms. The predicted molar refractivity (Wildman–Crippen MR) is 90.3 cm³/mol. The van der Waals surface area contributed by atoms with Crippen molar-refractivity contribution in [3.63, 3.8) is 0 Å². The van der Waals surface area contributed by atoms with E-state index in [1.807, 2.05) is 45.0 Å². The lowest BCUT2D eigenvalue weighted by Crippen LogP contribution is -2.46. The van der Waals surface area contributed by atoms with E-state index in [0.29, 0.717) is 18.7 Å². The molecule has 1 N–H and O–H groups in total. The second kappa shape index (κ2) is 5.61. The zero-order valence-electron chi connectivity index (χ0n) is 13.7. The Bertz CT molecular complexity index is 752. The smallest absolute Gasteiger partial charge is 0.336 e. The molecule has 0 fully saturated rings. The lowest BCUT2D eigenvalue weighted by Gasteiger charge is -2.41. The summed E-state index contributed by atoms with van der Waals surface area (Å²) in [6.07, 6.45) is 0. The Labute approximate surface area is 136 Å². The summed E-state index contributed by atoms with van der Waals surface area (Å²) in [4.78, 5) is 13.6. The zero-order valence-corrected chi connectivity index (χ0v) is 13.7. The second-order valence-corrected chi connectivity index (χ2v) is 6.65. The van der Waals surface area contributed by atoms with Crippen LogP contribution in [0.1, 0.15) is 35.3 Å². The van der Waals surface area contributed by atoms with Crippen molar-refractivity contribution >= 4 is 11.7 Å². The van der Waals surface area contributed by atoms with Crippen LogP contribution in [0.15, 0.2) is 42.5 Å². The van der Waals surface area contributed by atoms with Crippen LogP contribution >= 0.6 is 0 Å². The van der Waals surface area contributed by atoms with E-state index in [1.54, 1.807) is 12.1 Å². The average Bonchev–Trinajstić information content (AvgIpc) is 2.47. The van der Waals surface area contributed by atoms with Gasteiger partial charge in [0.25, 0.3) is 0 Å². The summed E-state index contributed by atoms with van der Waals surface area (Å²) in [6, 6.07) is 13.3. The van der Waals surface area contributed by atoms with E-state index >= 15 is 0 Å². The summed E-state index contributed by atoms with van der Waals surface area (Å²) in [6.45, 7) is 7.39. The summed E-state index contributed by atoms with van der Waals surface area (Å²) in [5, 5.41) is 9.39. The number of ether oxygens (including phenoxy) is 1. The Morgan fingerprint density at radius 3 is 2.74 bits per heavy atom. The Morgan fingerprint density at radius 1 is 1.26 bits per heavy atom. The number of anilines is 1. The molecular weight excluding hydrogens is 290 g/mol. The summed E-state index contributed by atoms with van der Waals surface area (Å²) >= 11 is 0. The largest absolute Gasteiger partial charge is 0.484 e. The summed E-state index contributed by atoms with van der Waals surface area (Å²) < 4.78 is 6.06. The van der Waals surface area contributed by atoms with Crippen molar-refractivity contribution in [2.24, 2.45) is 0 Å². The molecule has 0 unspecified atom stereocenters. The predicted octanol–water partition coefficient (Wildman–Crippen LogP) is 3.87. The number of rotatable bonds is 3. The van der Waals surface area contributed by atoms with Gasteiger partial charge in [0, 0.05) is 6.54 Å². The van der Waals surface area contributed by atoms with Gasteiger partial charge >= 0.3 is 5.97 Å². The van der Waals surface area contributed by atoms with Crippen LogP contribution in [-0.4, -0.2) is 23.2 Å². The minimum Gasteiger partial charge on any atom is -0.484 e. The Kier molecular flexibility index (Phi) is 3.76. The van der Waals surface area contributed by atoms with Crippen molar-refractivity contribution in [2.45, 2.75) is 32.9 Å². The molecule has 0 aromatic heterocycles. The normalized spacial score (nSPS) is 15.7. The lowest BCUT2D eigenvalue weighted by atomic mass is 10.0. The summed E-state index contributed by atoms with van der Waals surface area (Å²) in [5.74, 6) is -0.0442. The minimum absolute atomic E-state index is 0.319. The van der Waals surface area contributed by atoms with Gasteiger partial charge < -0.3 is 14.7 Å². The molecule has 23 heavy (non-hydrogen) atoms. The number of aryl methyl sites for hydroxylation is 1. The van der Waals surface area contributed by atoms with Crippen molar-refractivity contribution < 1.29 is 14.6 Å². The van der Waals surface area contributed by atoms with Gasteiger partial charge in [-0.2, -0.15) is 0 Å². The van der Waals surface area contributed by atoms with Crippen LogP contribution in [0.2, 0.25) is 0 Å². The molecule has 2 aromatic rings. The first-order valence-corrected chi connectivity index (χ1v) is 7.71. The van der Waals surface area contributed by atoms with Gasteiger partial charge in [-0.05, 0) is 50.1 Å². The third-order valence-corrected chi connectivity index (χ3v) is 4.02. The van der Waals surface area contributed by atoms with Crippen molar-refractivity contribution in [3.05, 3.63) is 59.2 Å². The minimum atomic E-state index is -0.891. The Balaban J connectivity index is 2.00. The zero-order chi connectivity index (χ0) is 16.6. The highest BCUT2D eigenvalue weighted by Gasteiger charge is 2.32. The second-order valence-electron chi connectivity index (χ2n) is 6.65. The third-order valence-electron chi connectivity index (χ3n) is 4.02. The van der Waals surface area contributed by atoms with Crippen molar-refractivity contribution in [2.75, 3.05) is 11.4 Å². The van der Waals surface area contributed by atoms with Crippen molar-refractivity contribution in [3.8, 4) is 5.75 Å². The van der Waals surface area contributed by atoms with Crippen LogP contribution in [0.5, 0.6) is 5.75 Å². The van der Waals surface area contributed by atoms with Crippen molar-refractivity contribution in [1.29, 1.82) is 0 Å². The Hall–Kier alpha value is -2.49. The lowest BCUT2D eigenvalue weighted by molar-refractivity contribution is 0.0695. The highest BCUT2D eigenvalue weighted by Crippen LogP contribution is 2.38. The first-order chi connectivity index (χ1) is 10.9. The molecule has 1 aliphatic rings. The SMILES string of the molecule is Cc1ccc2c(c1)N(Cc1ccccc1C(=O)O)CC(C)(C)O2. The topological polar surface area (TPSA) is 49.8 Å². The van der Waals surface area contributed by atoms with E-state index in [1.165, 1.54) is 0 Å². The molecule has 1 heterocycles. The van der Waals surface area contributed by atoms with Gasteiger partial charge in [-0.25, -0.2) is 4.79 Å². The maximum absolute atomic E-state index is 11.4. The molecular formula is C19H21NO3. The molecule has 120 valence electrons. The standard InChI is InChI=1S/C19H21NO3/c1-13-8-9-17-16(10-13)20(12-19(2,3)23-17)11-14-6-4-5-7-15(14)18(21)22/h4-10H,11-12H2,1-3H3,(H,21,22). The van der Waals surface area contributed by atoms with E-state index in [2.05, 4.69) is 11.0 Å². The summed E-state index contributed by atoms with van der Waals surface area (Å²) in [5.41, 5.74) is 3.02. The van der Waals surface area contributed by atoms with E-state index in [-0.39, 0.29) is 5.60 Å². The molecule has 4 heteroatoms. The Morgan fingerprint density at radius 2 is 2.00 bits per heavy atom. The van der Waals surface area contributed by atoms with E-state index in [9.17, 15) is 9.90 Å². The summed E-state index contributed by atoms with van der Waals surface area (Å²) in [7, 11) is 0. The van der Waals surface area contributed by atoms with Gasteiger partial charge in [0.05, 0.1) is 17.8 Å². The first kappa shape index (κ1) is 15.4. The highest BCUT2D eigenvalue weighted by molar-refractivity contribution is 5.89. The number of nitrogens with zero attached hydrogens (tertiary/aromatic N) is 1. The average molecular weight is 311 g/mol. The third kappa shape index (κ3) is 3.16. The number of hydrogen-bond acceptors (Lipinski definition) is 3. The highest BCUT2D eigenvalue weighted by atomic mass is 16.5. The van der Waals surface area contributed by atoms with Crippen LogP contribution in [0.3, 0.4) is 0 Å². The molecule has 0 saturated carbocycles. The molecule has 2 aromatic carbocycles. The number of hydrogen-bond donors (Lipinski definition) is 1. The fraction of sp³-hybridized carbons (Fsp3) is 0.316. The first-order valence-electron chi connectivity index (χ1n) is 7.71. The molecule has 1 aliphatic heterocycles. The number of aromatic carboxylic acids is 1. The molecule has 0 saturated heterocycles. The number of fused-ring (bicyclic) bond motifs is 1. The van der Waals surface area contributed by atoms with Gasteiger partial charge in [-0.3, -0.25) is 0 Å². The van der Waals surface area contributed by atoms with Crippen LogP contribution in [-0.2, 0) is 6.54 Å². The van der Waals surface area contributed by atoms with E-state index < -0.39 is 5.97 Å². The van der Waals surface area contributed by atoms with E-state index in [0.717, 1.165) is 22.6 Å². The van der Waals surface area contributed by atoms with Crippen LogP contribution in [0.4, 0.5) is 5.69 Å². The van der Waals surface area contributed by atoms with E-state index in [4.69, 9.17) is 4.74 Å². The molecule has 0 spiro atoms. The van der Waals surface area contributed by atoms with Crippen LogP contribution in [0, 0.1) is 6.92 Å². The van der Waals surface area contributed by atoms with Gasteiger partial charge in [-0.1, -0.05) is 24.3 Å². The van der Waals surface area contributed by atoms with Gasteiger partial charge in [0.15, 0.2) is 0 Å². The fourth-order valence-corrected chi connectivity index (χ4v) is 3.05. The molecule has 0 amide bonds. The number of carboxylic acids is 1. The molecule has 3 rings (SSSR count).